The normalized spacial score (nSPS) is 48.8. The van der Waals surface area contributed by atoms with E-state index in [9.17, 15) is 0 Å². The lowest BCUT2D eigenvalue weighted by molar-refractivity contribution is -0.0492. The summed E-state index contributed by atoms with van der Waals surface area (Å²) < 4.78 is 17.8. The lowest BCUT2D eigenvalue weighted by Crippen LogP contribution is -2.48. The average molecular weight is 268 g/mol. The summed E-state index contributed by atoms with van der Waals surface area (Å²) in [5.74, 6) is 1.18. The van der Waals surface area contributed by atoms with Gasteiger partial charge in [-0.05, 0) is 44.9 Å². The van der Waals surface area contributed by atoms with Gasteiger partial charge < -0.3 is 14.2 Å². The maximum atomic E-state index is 6.14. The molecule has 3 aliphatic rings. The molecule has 0 aromatic heterocycles. The first-order chi connectivity index (χ1) is 9.02. The van der Waals surface area contributed by atoms with Crippen LogP contribution < -0.4 is 0 Å². The fourth-order valence-corrected chi connectivity index (χ4v) is 4.20. The number of methoxy groups -OCH3 is 1. The van der Waals surface area contributed by atoms with E-state index in [1.54, 1.807) is 0 Å². The summed E-state index contributed by atoms with van der Waals surface area (Å²) in [4.78, 5) is 0. The molecule has 3 fully saturated rings. The number of hydrogen-bond donors (Lipinski definition) is 0. The molecule has 1 saturated carbocycles. The van der Waals surface area contributed by atoms with Crippen LogP contribution >= 0.6 is 0 Å². The molecule has 0 bridgehead atoms. The average Bonchev–Trinajstić information content (AvgIpc) is 3.26. The van der Waals surface area contributed by atoms with Gasteiger partial charge in [0.05, 0.1) is 24.4 Å². The van der Waals surface area contributed by atoms with E-state index in [1.807, 2.05) is 7.11 Å². The van der Waals surface area contributed by atoms with Crippen molar-refractivity contribution in [3.05, 3.63) is 0 Å². The van der Waals surface area contributed by atoms with E-state index < -0.39 is 0 Å². The molecule has 1 aliphatic carbocycles. The van der Waals surface area contributed by atoms with Crippen molar-refractivity contribution in [2.75, 3.05) is 13.7 Å². The molecular formula is C16H28O3. The van der Waals surface area contributed by atoms with Crippen LogP contribution in [0.2, 0.25) is 0 Å². The van der Waals surface area contributed by atoms with E-state index >= 15 is 0 Å². The number of epoxide rings is 2. The molecule has 0 aromatic rings. The Morgan fingerprint density at radius 1 is 1.37 bits per heavy atom. The summed E-state index contributed by atoms with van der Waals surface area (Å²) in [6.07, 6.45) is 6.72. The first-order valence-corrected chi connectivity index (χ1v) is 7.86. The van der Waals surface area contributed by atoms with Gasteiger partial charge in [0.2, 0.25) is 0 Å². The molecule has 0 radical (unpaired) electrons. The summed E-state index contributed by atoms with van der Waals surface area (Å²) in [5.41, 5.74) is 0.0761. The number of hydrogen-bond acceptors (Lipinski definition) is 3. The highest BCUT2D eigenvalue weighted by atomic mass is 16.6. The van der Waals surface area contributed by atoms with Crippen LogP contribution in [0.5, 0.6) is 0 Å². The van der Waals surface area contributed by atoms with E-state index in [0.717, 1.165) is 18.9 Å². The van der Waals surface area contributed by atoms with Crippen molar-refractivity contribution in [2.24, 2.45) is 11.8 Å². The maximum Gasteiger partial charge on any atom is 0.100 e. The molecule has 0 amide bonds. The van der Waals surface area contributed by atoms with E-state index in [1.165, 1.54) is 25.7 Å². The number of ether oxygens (including phenoxy) is 3. The van der Waals surface area contributed by atoms with Crippen LogP contribution in [-0.2, 0) is 14.2 Å². The highest BCUT2D eigenvalue weighted by Crippen LogP contribution is 2.59. The largest absolute Gasteiger partial charge is 0.381 e. The summed E-state index contributed by atoms with van der Waals surface area (Å²) in [6.45, 7) is 7.75. The molecule has 2 heterocycles. The maximum absolute atomic E-state index is 6.14. The predicted octanol–water partition coefficient (Wildman–Crippen LogP) is 3.16. The van der Waals surface area contributed by atoms with Crippen molar-refractivity contribution in [3.63, 3.8) is 0 Å². The zero-order valence-electron chi connectivity index (χ0n) is 12.8. The molecule has 0 N–H and O–H groups in total. The Kier molecular flexibility index (Phi) is 3.43. The molecular weight excluding hydrogens is 240 g/mol. The third kappa shape index (κ3) is 2.34. The Bertz CT molecular complexity index is 337. The van der Waals surface area contributed by atoms with Gasteiger partial charge in [0.25, 0.3) is 0 Å². The molecule has 110 valence electrons. The van der Waals surface area contributed by atoms with Crippen molar-refractivity contribution >= 4 is 0 Å². The van der Waals surface area contributed by atoms with Gasteiger partial charge in [0.1, 0.15) is 5.60 Å². The molecule has 2 saturated heterocycles. The van der Waals surface area contributed by atoms with Crippen LogP contribution in [0, 0.1) is 11.8 Å². The Labute approximate surface area is 117 Å². The third-order valence-electron chi connectivity index (χ3n) is 5.45. The van der Waals surface area contributed by atoms with E-state index in [4.69, 9.17) is 14.2 Å². The lowest BCUT2D eigenvalue weighted by atomic mass is 9.69. The summed E-state index contributed by atoms with van der Waals surface area (Å²) >= 11 is 0. The minimum atomic E-state index is -0.00745. The van der Waals surface area contributed by atoms with Gasteiger partial charge in [-0.25, -0.2) is 0 Å². The third-order valence-corrected chi connectivity index (χ3v) is 5.45. The lowest BCUT2D eigenvalue weighted by Gasteiger charge is -2.38. The van der Waals surface area contributed by atoms with Crippen molar-refractivity contribution in [2.45, 2.75) is 76.3 Å². The van der Waals surface area contributed by atoms with Crippen molar-refractivity contribution in [1.82, 2.24) is 0 Å². The Morgan fingerprint density at radius 3 is 2.68 bits per heavy atom. The minimum Gasteiger partial charge on any atom is -0.381 e. The zero-order valence-corrected chi connectivity index (χ0v) is 12.8. The molecule has 1 spiro atoms. The molecule has 2 aliphatic heterocycles. The van der Waals surface area contributed by atoms with Gasteiger partial charge in [-0.1, -0.05) is 13.8 Å². The highest BCUT2D eigenvalue weighted by Gasteiger charge is 2.70. The first-order valence-electron chi connectivity index (χ1n) is 7.86. The molecule has 3 nitrogen and oxygen atoms in total. The zero-order chi connectivity index (χ0) is 13.7. The van der Waals surface area contributed by atoms with E-state index in [0.29, 0.717) is 18.1 Å². The topological polar surface area (TPSA) is 34.3 Å². The molecule has 0 aromatic carbocycles. The second-order valence-electron chi connectivity index (χ2n) is 7.26. The van der Waals surface area contributed by atoms with Gasteiger partial charge in [0, 0.05) is 13.0 Å². The van der Waals surface area contributed by atoms with Crippen molar-refractivity contribution in [3.8, 4) is 0 Å². The molecule has 19 heavy (non-hydrogen) atoms. The standard InChI is InChI=1S/C16H28O3/c1-11(2)7-8-13-15(3,19-13)14-12(17-4)6-5-9-16(14)10-18-16/h11-14H,5-10H2,1-4H3/t12-,13-,14-,15+,16+/m1/s1. The summed E-state index contributed by atoms with van der Waals surface area (Å²) in [6, 6.07) is 0. The fourth-order valence-electron chi connectivity index (χ4n) is 4.20. The summed E-state index contributed by atoms with van der Waals surface area (Å²) in [5, 5.41) is 0. The smallest absolute Gasteiger partial charge is 0.100 e. The highest BCUT2D eigenvalue weighted by molar-refractivity contribution is 5.17. The monoisotopic (exact) mass is 268 g/mol. The van der Waals surface area contributed by atoms with Gasteiger partial charge in [0.15, 0.2) is 0 Å². The van der Waals surface area contributed by atoms with Gasteiger partial charge in [-0.3, -0.25) is 0 Å². The van der Waals surface area contributed by atoms with Crippen molar-refractivity contribution in [1.29, 1.82) is 0 Å². The minimum absolute atomic E-state index is 0.00745. The second kappa shape index (κ2) is 4.71. The van der Waals surface area contributed by atoms with Crippen molar-refractivity contribution < 1.29 is 14.2 Å². The summed E-state index contributed by atoms with van der Waals surface area (Å²) in [7, 11) is 1.84. The molecule has 3 heteroatoms. The van der Waals surface area contributed by atoms with Crippen LogP contribution in [0.4, 0.5) is 0 Å². The first kappa shape index (κ1) is 13.8. The molecule has 3 rings (SSSR count). The van der Waals surface area contributed by atoms with E-state index in [2.05, 4.69) is 20.8 Å². The number of rotatable bonds is 5. The second-order valence-corrected chi connectivity index (χ2v) is 7.26. The molecule has 5 atom stereocenters. The van der Waals surface area contributed by atoms with E-state index in [-0.39, 0.29) is 11.2 Å². The van der Waals surface area contributed by atoms with Crippen LogP contribution in [0.25, 0.3) is 0 Å². The van der Waals surface area contributed by atoms with Crippen LogP contribution in [-0.4, -0.2) is 37.1 Å². The molecule has 0 unspecified atom stereocenters. The van der Waals surface area contributed by atoms with Crippen LogP contribution in [0.3, 0.4) is 0 Å². The quantitative estimate of drug-likeness (QED) is 0.718. The Hall–Kier alpha value is -0.120. The van der Waals surface area contributed by atoms with Crippen LogP contribution in [0.1, 0.15) is 52.9 Å². The van der Waals surface area contributed by atoms with Gasteiger partial charge in [-0.15, -0.1) is 0 Å². The Morgan fingerprint density at radius 2 is 2.11 bits per heavy atom. The predicted molar refractivity (Wildman–Crippen MR) is 74.2 cm³/mol. The Balaban J connectivity index is 1.69. The fraction of sp³-hybridized carbons (Fsp3) is 1.00. The van der Waals surface area contributed by atoms with Gasteiger partial charge >= 0.3 is 0 Å². The van der Waals surface area contributed by atoms with Crippen LogP contribution in [0.15, 0.2) is 0 Å². The SMILES string of the molecule is CO[C@@H]1CCC[C@]2(CO2)[C@H]1[C@@]1(C)O[C@@H]1CCC(C)C. The van der Waals surface area contributed by atoms with Gasteiger partial charge in [-0.2, -0.15) is 0 Å².